The molecular weight excluding hydrogens is 444 g/mol. The molecule has 0 amide bonds. The minimum atomic E-state index is 0.503. The molecule has 0 saturated carbocycles. The van der Waals surface area contributed by atoms with Crippen LogP contribution in [-0.2, 0) is 0 Å². The molecule has 0 spiro atoms. The number of para-hydroxylation sites is 2. The monoisotopic (exact) mass is 476 g/mol. The molecule has 0 aliphatic carbocycles. The van der Waals surface area contributed by atoms with Gasteiger partial charge in [0.25, 0.3) is 0 Å². The first-order valence-corrected chi connectivity index (χ1v) is 12.4. The van der Waals surface area contributed by atoms with Gasteiger partial charge in [0.05, 0.1) is 0 Å². The molecule has 0 saturated heterocycles. The fraction of sp³-hybridized carbons (Fsp3) is 0.188. The van der Waals surface area contributed by atoms with Gasteiger partial charge in [-0.3, -0.25) is 9.98 Å². The number of aliphatic imine (C=N–C) groups is 2. The van der Waals surface area contributed by atoms with Gasteiger partial charge < -0.3 is 9.47 Å². The summed E-state index contributed by atoms with van der Waals surface area (Å²) in [6.07, 6.45) is 5.97. The molecule has 0 aliphatic heterocycles. The second-order valence-electron chi connectivity index (χ2n) is 8.75. The van der Waals surface area contributed by atoms with Crippen molar-refractivity contribution in [1.82, 2.24) is 0 Å². The molecule has 4 aromatic rings. The summed E-state index contributed by atoms with van der Waals surface area (Å²) in [5.74, 6) is 3.79. The van der Waals surface area contributed by atoms with E-state index < -0.39 is 0 Å². The predicted molar refractivity (Wildman–Crippen MR) is 149 cm³/mol. The second kappa shape index (κ2) is 13.6. The van der Waals surface area contributed by atoms with E-state index in [-0.39, 0.29) is 0 Å². The van der Waals surface area contributed by atoms with Gasteiger partial charge in [-0.05, 0) is 78.4 Å². The van der Waals surface area contributed by atoms with Gasteiger partial charge in [-0.2, -0.15) is 0 Å². The molecule has 0 aliphatic rings. The van der Waals surface area contributed by atoms with Crippen molar-refractivity contribution in [3.8, 4) is 23.0 Å². The molecule has 182 valence electrons. The zero-order valence-corrected chi connectivity index (χ0v) is 20.7. The van der Waals surface area contributed by atoms with Gasteiger partial charge in [0, 0.05) is 25.5 Å². The van der Waals surface area contributed by atoms with Crippen molar-refractivity contribution >= 4 is 12.4 Å². The minimum Gasteiger partial charge on any atom is -0.457 e. The maximum Gasteiger partial charge on any atom is 0.128 e. The standard InChI is InChI=1S/C32H32N2O2/c1-26(23-34-25-28-13-9-19-32(22-28)36-30-16-6-3-7-17-30)11-10-20-33-24-27-12-8-18-31(21-27)35-29-14-4-2-5-15-29/h2-9,12-19,21-22,24-26H,10-11,20,23H2,1H3. The van der Waals surface area contributed by atoms with E-state index in [0.29, 0.717) is 5.92 Å². The van der Waals surface area contributed by atoms with Gasteiger partial charge in [-0.1, -0.05) is 67.6 Å². The Hall–Kier alpha value is -4.18. The molecule has 0 radical (unpaired) electrons. The molecule has 0 aromatic heterocycles. The van der Waals surface area contributed by atoms with Gasteiger partial charge in [0.2, 0.25) is 0 Å². The molecule has 1 unspecified atom stereocenters. The lowest BCUT2D eigenvalue weighted by Crippen LogP contribution is -2.01. The quantitative estimate of drug-likeness (QED) is 0.153. The number of ether oxygens (including phenoxy) is 2. The summed E-state index contributed by atoms with van der Waals surface area (Å²) in [6.45, 7) is 3.84. The summed E-state index contributed by atoms with van der Waals surface area (Å²) in [4.78, 5) is 9.25. The highest BCUT2D eigenvalue weighted by Crippen LogP contribution is 2.22. The normalized spacial score (nSPS) is 12.1. The number of nitrogens with zero attached hydrogens (tertiary/aromatic N) is 2. The van der Waals surface area contributed by atoms with E-state index in [1.807, 2.05) is 122 Å². The molecule has 1 atom stereocenters. The van der Waals surface area contributed by atoms with E-state index in [4.69, 9.17) is 9.47 Å². The molecule has 0 fully saturated rings. The van der Waals surface area contributed by atoms with Crippen molar-refractivity contribution < 1.29 is 9.47 Å². The second-order valence-corrected chi connectivity index (χ2v) is 8.75. The molecule has 0 bridgehead atoms. The largest absolute Gasteiger partial charge is 0.457 e. The van der Waals surface area contributed by atoms with Gasteiger partial charge in [-0.15, -0.1) is 0 Å². The van der Waals surface area contributed by atoms with Crippen molar-refractivity contribution in [2.75, 3.05) is 13.1 Å². The Morgan fingerprint density at radius 3 is 1.67 bits per heavy atom. The number of hydrogen-bond donors (Lipinski definition) is 0. The lowest BCUT2D eigenvalue weighted by Gasteiger charge is -2.07. The molecular formula is C32H32N2O2. The minimum absolute atomic E-state index is 0.503. The van der Waals surface area contributed by atoms with Crippen LogP contribution in [-0.4, -0.2) is 25.5 Å². The average Bonchev–Trinajstić information content (AvgIpc) is 2.90. The van der Waals surface area contributed by atoms with Gasteiger partial charge in [0.15, 0.2) is 0 Å². The number of hydrogen-bond acceptors (Lipinski definition) is 4. The smallest absolute Gasteiger partial charge is 0.128 e. The number of rotatable bonds is 12. The van der Waals surface area contributed by atoms with Gasteiger partial charge >= 0.3 is 0 Å². The predicted octanol–water partition coefficient (Wildman–Crippen LogP) is 8.23. The van der Waals surface area contributed by atoms with Crippen LogP contribution in [0.5, 0.6) is 23.0 Å². The van der Waals surface area contributed by atoms with Gasteiger partial charge in [0.1, 0.15) is 23.0 Å². The molecule has 4 nitrogen and oxygen atoms in total. The SMILES string of the molecule is CC(CCCN=Cc1cccc(Oc2ccccc2)c1)CN=Cc1cccc(Oc2ccccc2)c1. The Labute approximate surface area is 214 Å². The highest BCUT2D eigenvalue weighted by Gasteiger charge is 2.02. The van der Waals surface area contributed by atoms with Crippen LogP contribution in [0.4, 0.5) is 0 Å². The van der Waals surface area contributed by atoms with Gasteiger partial charge in [-0.25, -0.2) is 0 Å². The van der Waals surface area contributed by atoms with E-state index in [1.165, 1.54) is 0 Å². The third-order valence-corrected chi connectivity index (χ3v) is 5.56. The fourth-order valence-corrected chi connectivity index (χ4v) is 3.70. The lowest BCUT2D eigenvalue weighted by atomic mass is 10.1. The summed E-state index contributed by atoms with van der Waals surface area (Å²) in [7, 11) is 0. The van der Waals surface area contributed by atoms with E-state index >= 15 is 0 Å². The molecule has 0 heterocycles. The van der Waals surface area contributed by atoms with Crippen molar-refractivity contribution in [3.63, 3.8) is 0 Å². The summed E-state index contributed by atoms with van der Waals surface area (Å²) < 4.78 is 11.8. The zero-order chi connectivity index (χ0) is 24.8. The van der Waals surface area contributed by atoms with Crippen LogP contribution in [0.15, 0.2) is 119 Å². The molecule has 36 heavy (non-hydrogen) atoms. The van der Waals surface area contributed by atoms with Crippen LogP contribution < -0.4 is 9.47 Å². The molecule has 4 heteroatoms. The summed E-state index contributed by atoms with van der Waals surface area (Å²) in [5, 5.41) is 0. The first-order chi connectivity index (χ1) is 17.7. The van der Waals surface area contributed by atoms with Crippen LogP contribution in [0.3, 0.4) is 0 Å². The molecule has 4 aromatic carbocycles. The van der Waals surface area contributed by atoms with E-state index in [1.54, 1.807) is 0 Å². The highest BCUT2D eigenvalue weighted by atomic mass is 16.5. The molecule has 4 rings (SSSR count). The Bertz CT molecular complexity index is 1250. The summed E-state index contributed by atoms with van der Waals surface area (Å²) in [6, 6.07) is 35.6. The Kier molecular flexibility index (Phi) is 9.45. The Morgan fingerprint density at radius 2 is 1.11 bits per heavy atom. The van der Waals surface area contributed by atoms with Crippen molar-refractivity contribution in [3.05, 3.63) is 120 Å². The van der Waals surface area contributed by atoms with E-state index in [0.717, 1.165) is 60.1 Å². The van der Waals surface area contributed by atoms with Crippen LogP contribution in [0.2, 0.25) is 0 Å². The first-order valence-electron chi connectivity index (χ1n) is 12.4. The first kappa shape index (κ1) is 24.9. The highest BCUT2D eigenvalue weighted by molar-refractivity contribution is 5.80. The fourth-order valence-electron chi connectivity index (χ4n) is 3.70. The van der Waals surface area contributed by atoms with E-state index in [9.17, 15) is 0 Å². The molecule has 0 N–H and O–H groups in total. The maximum atomic E-state index is 5.91. The van der Waals surface area contributed by atoms with E-state index in [2.05, 4.69) is 16.9 Å². The average molecular weight is 477 g/mol. The van der Waals surface area contributed by atoms with Crippen LogP contribution in [0.25, 0.3) is 0 Å². The van der Waals surface area contributed by atoms with Crippen LogP contribution >= 0.6 is 0 Å². The summed E-state index contributed by atoms with van der Waals surface area (Å²) >= 11 is 0. The van der Waals surface area contributed by atoms with Crippen molar-refractivity contribution in [1.29, 1.82) is 0 Å². The maximum absolute atomic E-state index is 5.91. The Morgan fingerprint density at radius 1 is 0.611 bits per heavy atom. The lowest BCUT2D eigenvalue weighted by molar-refractivity contribution is 0.482. The van der Waals surface area contributed by atoms with Crippen LogP contribution in [0, 0.1) is 5.92 Å². The van der Waals surface area contributed by atoms with Crippen LogP contribution in [0.1, 0.15) is 30.9 Å². The van der Waals surface area contributed by atoms with Crippen molar-refractivity contribution in [2.24, 2.45) is 15.9 Å². The summed E-state index contributed by atoms with van der Waals surface area (Å²) in [5.41, 5.74) is 2.08. The third kappa shape index (κ3) is 8.55. The topological polar surface area (TPSA) is 43.2 Å². The third-order valence-electron chi connectivity index (χ3n) is 5.56. The zero-order valence-electron chi connectivity index (χ0n) is 20.7. The number of benzene rings is 4. The van der Waals surface area contributed by atoms with Crippen molar-refractivity contribution in [2.45, 2.75) is 19.8 Å². The Balaban J connectivity index is 1.17.